The summed E-state index contributed by atoms with van der Waals surface area (Å²) in [5.74, 6) is 1.08. The Hall–Kier alpha value is -3.48. The van der Waals surface area contributed by atoms with Gasteiger partial charge in [0.05, 0.1) is 45.2 Å². The van der Waals surface area contributed by atoms with Crippen LogP contribution in [0.3, 0.4) is 0 Å². The molecule has 0 saturated carbocycles. The van der Waals surface area contributed by atoms with Crippen LogP contribution in [0.1, 0.15) is 11.1 Å². The number of anilines is 1. The molecule has 2 heterocycles. The minimum absolute atomic E-state index is 0.246. The van der Waals surface area contributed by atoms with Gasteiger partial charge in [0.25, 0.3) is 0 Å². The molecule has 1 amide bonds. The second kappa shape index (κ2) is 8.06. The van der Waals surface area contributed by atoms with Crippen LogP contribution in [0.25, 0.3) is 6.08 Å². The molecule has 0 radical (unpaired) electrons. The minimum Gasteiger partial charge on any atom is -0.493 e. The van der Waals surface area contributed by atoms with Crippen LogP contribution < -0.4 is 14.8 Å². The van der Waals surface area contributed by atoms with Gasteiger partial charge in [-0.05, 0) is 18.2 Å². The molecule has 7 heteroatoms. The van der Waals surface area contributed by atoms with E-state index in [0.29, 0.717) is 23.7 Å². The Balaban J connectivity index is 1.66. The van der Waals surface area contributed by atoms with Crippen molar-refractivity contribution in [2.75, 3.05) is 19.5 Å². The molecule has 0 aliphatic heterocycles. The number of benzene rings is 1. The third kappa shape index (κ3) is 4.13. The van der Waals surface area contributed by atoms with Crippen molar-refractivity contribution in [3.8, 4) is 11.5 Å². The summed E-state index contributed by atoms with van der Waals surface area (Å²) in [5.41, 5.74) is 2.35. The number of nitrogens with one attached hydrogen (secondary N) is 1. The summed E-state index contributed by atoms with van der Waals surface area (Å²) in [5, 5.41) is 7.04. The topological polar surface area (TPSA) is 78.5 Å². The third-order valence-corrected chi connectivity index (χ3v) is 3.69. The van der Waals surface area contributed by atoms with Crippen molar-refractivity contribution in [3.05, 3.63) is 66.4 Å². The van der Waals surface area contributed by atoms with E-state index in [1.54, 1.807) is 56.0 Å². The van der Waals surface area contributed by atoms with Crippen molar-refractivity contribution in [1.29, 1.82) is 0 Å². The highest BCUT2D eigenvalue weighted by Crippen LogP contribution is 2.31. The molecule has 0 atom stereocenters. The lowest BCUT2D eigenvalue weighted by Gasteiger charge is -2.12. The molecular weight excluding hydrogens is 334 g/mol. The number of rotatable bonds is 7. The molecule has 3 rings (SSSR count). The molecule has 134 valence electrons. The van der Waals surface area contributed by atoms with E-state index >= 15 is 0 Å². The van der Waals surface area contributed by atoms with Gasteiger partial charge in [-0.2, -0.15) is 5.10 Å². The summed E-state index contributed by atoms with van der Waals surface area (Å²) in [6.07, 6.45) is 9.56. The molecule has 0 aliphatic carbocycles. The molecule has 1 aromatic carbocycles. The summed E-state index contributed by atoms with van der Waals surface area (Å²) in [6.45, 7) is 0.487. The van der Waals surface area contributed by atoms with E-state index in [1.165, 1.54) is 6.08 Å². The number of ether oxygens (including phenoxy) is 2. The van der Waals surface area contributed by atoms with E-state index in [-0.39, 0.29) is 5.91 Å². The molecule has 1 N–H and O–H groups in total. The van der Waals surface area contributed by atoms with Crippen molar-refractivity contribution in [3.63, 3.8) is 0 Å². The van der Waals surface area contributed by atoms with Crippen LogP contribution in [-0.2, 0) is 11.3 Å². The van der Waals surface area contributed by atoms with Crippen molar-refractivity contribution in [1.82, 2.24) is 9.78 Å². The van der Waals surface area contributed by atoms with Crippen molar-refractivity contribution < 1.29 is 18.7 Å². The van der Waals surface area contributed by atoms with Crippen LogP contribution in [0, 0.1) is 0 Å². The van der Waals surface area contributed by atoms with Gasteiger partial charge in [0.1, 0.15) is 0 Å². The first kappa shape index (κ1) is 17.3. The zero-order chi connectivity index (χ0) is 18.4. The number of carbonyl (C=O) groups excluding carboxylic acids is 1. The van der Waals surface area contributed by atoms with Gasteiger partial charge in [-0.1, -0.05) is 12.1 Å². The van der Waals surface area contributed by atoms with Crippen LogP contribution in [0.2, 0.25) is 0 Å². The molecule has 0 saturated heterocycles. The van der Waals surface area contributed by atoms with Gasteiger partial charge in [-0.15, -0.1) is 0 Å². The second-order valence-corrected chi connectivity index (χ2v) is 5.46. The van der Waals surface area contributed by atoms with Gasteiger partial charge in [0.15, 0.2) is 11.5 Å². The zero-order valence-corrected chi connectivity index (χ0v) is 14.5. The number of hydrogen-bond acceptors (Lipinski definition) is 5. The first-order valence-corrected chi connectivity index (χ1v) is 7.93. The Morgan fingerprint density at radius 1 is 1.31 bits per heavy atom. The van der Waals surface area contributed by atoms with E-state index in [1.807, 2.05) is 18.2 Å². The van der Waals surface area contributed by atoms with E-state index in [9.17, 15) is 4.79 Å². The molecule has 0 unspecified atom stereocenters. The smallest absolute Gasteiger partial charge is 0.248 e. The van der Waals surface area contributed by atoms with Crippen LogP contribution in [0.5, 0.6) is 11.5 Å². The lowest BCUT2D eigenvalue weighted by Crippen LogP contribution is -2.07. The van der Waals surface area contributed by atoms with Gasteiger partial charge in [-0.3, -0.25) is 9.48 Å². The van der Waals surface area contributed by atoms with E-state index in [2.05, 4.69) is 10.4 Å². The van der Waals surface area contributed by atoms with Gasteiger partial charge < -0.3 is 19.2 Å². The van der Waals surface area contributed by atoms with Crippen LogP contribution in [-0.4, -0.2) is 29.9 Å². The molecule has 2 aromatic heterocycles. The van der Waals surface area contributed by atoms with Crippen LogP contribution >= 0.6 is 0 Å². The van der Waals surface area contributed by atoms with E-state index in [0.717, 1.165) is 11.1 Å². The number of carbonyl (C=O) groups is 1. The molecule has 3 aromatic rings. The van der Waals surface area contributed by atoms with Crippen molar-refractivity contribution >= 4 is 17.7 Å². The molecule has 0 bridgehead atoms. The fourth-order valence-corrected chi connectivity index (χ4v) is 2.49. The SMILES string of the molecule is COc1cccc(Cn2cc(NC(=O)C=Cc3ccoc3)cn2)c1OC. The molecular formula is C19H19N3O4. The highest BCUT2D eigenvalue weighted by Gasteiger charge is 2.11. The lowest BCUT2D eigenvalue weighted by molar-refractivity contribution is -0.111. The second-order valence-electron chi connectivity index (χ2n) is 5.46. The Bertz CT molecular complexity index is 897. The van der Waals surface area contributed by atoms with Gasteiger partial charge in [0, 0.05) is 23.4 Å². The number of nitrogens with zero attached hydrogens (tertiary/aromatic N) is 2. The number of hydrogen-bond donors (Lipinski definition) is 1. The average Bonchev–Trinajstić information content (AvgIpc) is 3.32. The quantitative estimate of drug-likeness (QED) is 0.660. The maximum absolute atomic E-state index is 12.0. The Morgan fingerprint density at radius 2 is 2.19 bits per heavy atom. The highest BCUT2D eigenvalue weighted by atomic mass is 16.5. The zero-order valence-electron chi connectivity index (χ0n) is 14.5. The number of para-hydroxylation sites is 1. The standard InChI is InChI=1S/C19H19N3O4/c1-24-17-5-3-4-15(19(17)25-2)11-22-12-16(10-20-22)21-18(23)7-6-14-8-9-26-13-14/h3-10,12-13H,11H2,1-2H3,(H,21,23). The molecule has 0 spiro atoms. The van der Waals surface area contributed by atoms with Crippen molar-refractivity contribution in [2.45, 2.75) is 6.54 Å². The summed E-state index contributed by atoms with van der Waals surface area (Å²) < 4.78 is 17.4. The Labute approximate surface area is 150 Å². The number of furan rings is 1. The predicted octanol–water partition coefficient (Wildman–Crippen LogP) is 3.19. The summed E-state index contributed by atoms with van der Waals surface area (Å²) in [6, 6.07) is 7.44. The van der Waals surface area contributed by atoms with Gasteiger partial charge >= 0.3 is 0 Å². The van der Waals surface area contributed by atoms with Gasteiger partial charge in [-0.25, -0.2) is 0 Å². The minimum atomic E-state index is -0.246. The fourth-order valence-electron chi connectivity index (χ4n) is 2.49. The first-order valence-electron chi connectivity index (χ1n) is 7.93. The fraction of sp³-hybridized carbons (Fsp3) is 0.158. The van der Waals surface area contributed by atoms with Crippen LogP contribution in [0.15, 0.2) is 59.7 Å². The maximum atomic E-state index is 12.0. The molecule has 26 heavy (non-hydrogen) atoms. The number of methoxy groups -OCH3 is 2. The first-order chi connectivity index (χ1) is 12.7. The molecule has 0 aliphatic rings. The normalized spacial score (nSPS) is 10.8. The van der Waals surface area contributed by atoms with Gasteiger partial charge in [0.2, 0.25) is 5.91 Å². The predicted molar refractivity (Wildman–Crippen MR) is 97.2 cm³/mol. The Kier molecular flexibility index (Phi) is 5.38. The summed E-state index contributed by atoms with van der Waals surface area (Å²) in [7, 11) is 3.20. The number of amides is 1. The van der Waals surface area contributed by atoms with Crippen molar-refractivity contribution in [2.24, 2.45) is 0 Å². The summed E-state index contributed by atoms with van der Waals surface area (Å²) in [4.78, 5) is 12.0. The molecule has 7 nitrogen and oxygen atoms in total. The summed E-state index contributed by atoms with van der Waals surface area (Å²) >= 11 is 0. The average molecular weight is 353 g/mol. The largest absolute Gasteiger partial charge is 0.493 e. The lowest BCUT2D eigenvalue weighted by atomic mass is 10.2. The maximum Gasteiger partial charge on any atom is 0.248 e. The highest BCUT2D eigenvalue weighted by molar-refractivity contribution is 6.01. The monoisotopic (exact) mass is 353 g/mol. The van der Waals surface area contributed by atoms with E-state index < -0.39 is 0 Å². The van der Waals surface area contributed by atoms with E-state index in [4.69, 9.17) is 13.9 Å². The molecule has 0 fully saturated rings. The number of aromatic nitrogens is 2. The third-order valence-electron chi connectivity index (χ3n) is 3.69. The van der Waals surface area contributed by atoms with Crippen LogP contribution in [0.4, 0.5) is 5.69 Å². The Morgan fingerprint density at radius 3 is 2.92 bits per heavy atom.